The van der Waals surface area contributed by atoms with E-state index in [1.165, 1.54) is 11.6 Å². The number of hydrogen-bond donors (Lipinski definition) is 3. The van der Waals surface area contributed by atoms with E-state index in [9.17, 15) is 13.2 Å². The van der Waals surface area contributed by atoms with E-state index in [-0.39, 0.29) is 10.1 Å². The summed E-state index contributed by atoms with van der Waals surface area (Å²) in [5, 5.41) is 1.70. The van der Waals surface area contributed by atoms with Gasteiger partial charge in [-0.25, -0.2) is 8.42 Å². The molecule has 1 amide bonds. The highest BCUT2D eigenvalue weighted by molar-refractivity contribution is 7.94. The molecule has 0 radical (unpaired) electrons. The van der Waals surface area contributed by atoms with Crippen molar-refractivity contribution in [1.29, 1.82) is 0 Å². The van der Waals surface area contributed by atoms with E-state index < -0.39 is 10.0 Å². The Morgan fingerprint density at radius 3 is 2.38 bits per heavy atom. The first-order valence-corrected chi connectivity index (χ1v) is 9.73. The van der Waals surface area contributed by atoms with Gasteiger partial charge in [-0.3, -0.25) is 14.9 Å². The molecule has 0 bridgehead atoms. The molecule has 0 saturated heterocycles. The quantitative estimate of drug-likeness (QED) is 0.689. The van der Waals surface area contributed by atoms with Crippen molar-refractivity contribution in [2.75, 3.05) is 4.72 Å². The van der Waals surface area contributed by atoms with Crippen molar-refractivity contribution in [1.82, 2.24) is 10.9 Å². The molecule has 0 spiro atoms. The van der Waals surface area contributed by atoms with Crippen LogP contribution < -0.4 is 15.6 Å². The predicted molar refractivity (Wildman–Crippen MR) is 94.1 cm³/mol. The summed E-state index contributed by atoms with van der Waals surface area (Å²) < 4.78 is 27.0. The summed E-state index contributed by atoms with van der Waals surface area (Å²) in [5.41, 5.74) is 8.65. The van der Waals surface area contributed by atoms with Crippen LogP contribution in [-0.4, -0.2) is 14.3 Å². The zero-order valence-corrected chi connectivity index (χ0v) is 14.6. The van der Waals surface area contributed by atoms with Crippen LogP contribution >= 0.6 is 11.3 Å². The summed E-state index contributed by atoms with van der Waals surface area (Å²) in [6.45, 7) is 1.92. The molecule has 1 aliphatic rings. The molecule has 0 atom stereocenters. The highest BCUT2D eigenvalue weighted by atomic mass is 32.2. The van der Waals surface area contributed by atoms with Gasteiger partial charge in [-0.15, -0.1) is 11.3 Å². The van der Waals surface area contributed by atoms with Crippen molar-refractivity contribution >= 4 is 33.0 Å². The van der Waals surface area contributed by atoms with Crippen LogP contribution in [0.3, 0.4) is 0 Å². The minimum absolute atomic E-state index is 0.247. The van der Waals surface area contributed by atoms with Crippen LogP contribution in [0.5, 0.6) is 0 Å². The van der Waals surface area contributed by atoms with E-state index in [4.69, 9.17) is 0 Å². The smallest absolute Gasteiger partial charge is 0.271 e. The predicted octanol–water partition coefficient (Wildman–Crippen LogP) is 2.85. The lowest BCUT2D eigenvalue weighted by Crippen LogP contribution is -2.36. The van der Waals surface area contributed by atoms with Gasteiger partial charge < -0.3 is 5.43 Å². The van der Waals surface area contributed by atoms with Crippen molar-refractivity contribution in [2.45, 2.75) is 24.0 Å². The van der Waals surface area contributed by atoms with Gasteiger partial charge in [0.1, 0.15) is 4.21 Å². The maximum absolute atomic E-state index is 12.1. The molecule has 0 unspecified atom stereocenters. The summed E-state index contributed by atoms with van der Waals surface area (Å²) in [4.78, 5) is 12.0. The van der Waals surface area contributed by atoms with E-state index in [2.05, 4.69) is 15.6 Å². The van der Waals surface area contributed by atoms with Crippen molar-refractivity contribution in [2.24, 2.45) is 0 Å². The van der Waals surface area contributed by atoms with E-state index in [0.717, 1.165) is 29.9 Å². The van der Waals surface area contributed by atoms with Gasteiger partial charge in [-0.05, 0) is 61.1 Å². The highest BCUT2D eigenvalue weighted by Crippen LogP contribution is 2.29. The van der Waals surface area contributed by atoms with E-state index >= 15 is 0 Å². The summed E-state index contributed by atoms with van der Waals surface area (Å²) in [5.74, 6) is -0.275. The average Bonchev–Trinajstić information content (AvgIpc) is 3.26. The number of carbonyl (C=O) groups excluding carboxylic acids is 1. The fourth-order valence-electron chi connectivity index (χ4n) is 2.06. The first kappa shape index (κ1) is 16.5. The van der Waals surface area contributed by atoms with E-state index in [1.807, 2.05) is 6.92 Å². The van der Waals surface area contributed by atoms with Crippen LogP contribution in [0.4, 0.5) is 5.69 Å². The Balaban J connectivity index is 1.63. The summed E-state index contributed by atoms with van der Waals surface area (Å²) in [6.07, 6.45) is 2.15. The number of rotatable bonds is 6. The third kappa shape index (κ3) is 3.95. The van der Waals surface area contributed by atoms with Crippen LogP contribution in [0.1, 0.15) is 30.1 Å². The Morgan fingerprint density at radius 1 is 1.08 bits per heavy atom. The molecule has 3 N–H and O–H groups in total. The van der Waals surface area contributed by atoms with Crippen molar-refractivity contribution in [3.63, 3.8) is 0 Å². The zero-order valence-electron chi connectivity index (χ0n) is 13.0. The summed E-state index contributed by atoms with van der Waals surface area (Å²) in [6, 6.07) is 9.49. The maximum atomic E-state index is 12.1. The molecule has 8 heteroatoms. The van der Waals surface area contributed by atoms with Gasteiger partial charge in [0.25, 0.3) is 15.9 Å². The molecular weight excluding hydrogens is 346 g/mol. The van der Waals surface area contributed by atoms with Crippen LogP contribution in [0.2, 0.25) is 0 Å². The Kier molecular flexibility index (Phi) is 4.59. The SMILES string of the molecule is CC(NNC(=O)c1ccc(NS(=O)(=O)c2cccs2)cc1)=C1CC1. The molecule has 1 aromatic heterocycles. The van der Waals surface area contributed by atoms with Gasteiger partial charge in [0, 0.05) is 16.9 Å². The molecule has 3 rings (SSSR count). The Morgan fingerprint density at radius 2 is 1.79 bits per heavy atom. The molecule has 1 heterocycles. The van der Waals surface area contributed by atoms with Crippen molar-refractivity contribution < 1.29 is 13.2 Å². The normalized spacial score (nSPS) is 13.3. The standard InChI is InChI=1S/C16H17N3O3S2/c1-11(12-4-5-12)17-18-16(20)13-6-8-14(9-7-13)19-24(21,22)15-3-2-10-23-15/h2-3,6-10,17,19H,4-5H2,1H3,(H,18,20). The van der Waals surface area contributed by atoms with Crippen LogP contribution in [0.15, 0.2) is 57.3 Å². The minimum Gasteiger partial charge on any atom is -0.303 e. The molecule has 2 aromatic rings. The summed E-state index contributed by atoms with van der Waals surface area (Å²) >= 11 is 1.15. The van der Waals surface area contributed by atoms with Crippen LogP contribution in [0, 0.1) is 0 Å². The minimum atomic E-state index is -3.58. The number of thiophene rings is 1. The number of nitrogens with one attached hydrogen (secondary N) is 3. The number of sulfonamides is 1. The molecular formula is C16H17N3O3S2. The second-order valence-corrected chi connectivity index (χ2v) is 8.28. The van der Waals surface area contributed by atoms with E-state index in [1.54, 1.807) is 35.7 Å². The lowest BCUT2D eigenvalue weighted by Gasteiger charge is -2.10. The average molecular weight is 363 g/mol. The van der Waals surface area contributed by atoms with Crippen molar-refractivity contribution in [3.8, 4) is 0 Å². The number of hydrazine groups is 1. The fraction of sp³-hybridized carbons (Fsp3) is 0.188. The number of carbonyl (C=O) groups is 1. The molecule has 0 aliphatic heterocycles. The van der Waals surface area contributed by atoms with Crippen molar-refractivity contribution in [3.05, 3.63) is 58.6 Å². The second-order valence-electron chi connectivity index (χ2n) is 5.42. The number of anilines is 1. The number of hydrogen-bond acceptors (Lipinski definition) is 5. The fourth-order valence-corrected chi connectivity index (χ4v) is 4.11. The lowest BCUT2D eigenvalue weighted by atomic mass is 10.2. The van der Waals surface area contributed by atoms with Gasteiger partial charge >= 0.3 is 0 Å². The van der Waals surface area contributed by atoms with Crippen LogP contribution in [-0.2, 0) is 10.0 Å². The van der Waals surface area contributed by atoms with Gasteiger partial charge in [-0.2, -0.15) is 0 Å². The monoisotopic (exact) mass is 363 g/mol. The number of allylic oxidation sites excluding steroid dienone is 2. The molecule has 24 heavy (non-hydrogen) atoms. The molecule has 6 nitrogen and oxygen atoms in total. The topological polar surface area (TPSA) is 87.3 Å². The first-order valence-electron chi connectivity index (χ1n) is 7.37. The third-order valence-corrected chi connectivity index (χ3v) is 6.33. The zero-order chi connectivity index (χ0) is 17.2. The van der Waals surface area contributed by atoms with Gasteiger partial charge in [0.15, 0.2) is 0 Å². The Labute approximate surface area is 144 Å². The maximum Gasteiger partial charge on any atom is 0.271 e. The largest absolute Gasteiger partial charge is 0.303 e. The Hall–Kier alpha value is -2.32. The molecule has 1 aliphatic carbocycles. The summed E-state index contributed by atoms with van der Waals surface area (Å²) in [7, 11) is -3.58. The van der Waals surface area contributed by atoms with E-state index in [0.29, 0.717) is 11.3 Å². The number of amides is 1. The molecule has 126 valence electrons. The number of benzene rings is 1. The van der Waals surface area contributed by atoms with Gasteiger partial charge in [0.2, 0.25) is 0 Å². The molecule has 1 saturated carbocycles. The molecule has 1 fully saturated rings. The highest BCUT2D eigenvalue weighted by Gasteiger charge is 2.16. The first-order chi connectivity index (χ1) is 11.5. The molecule has 1 aromatic carbocycles. The third-order valence-electron chi connectivity index (χ3n) is 3.55. The van der Waals surface area contributed by atoms with Crippen LogP contribution in [0.25, 0.3) is 0 Å². The van der Waals surface area contributed by atoms with Gasteiger partial charge in [0.05, 0.1) is 0 Å². The second kappa shape index (κ2) is 6.66. The van der Waals surface area contributed by atoms with Gasteiger partial charge in [-0.1, -0.05) is 6.07 Å². The Bertz CT molecular complexity index is 864. The lowest BCUT2D eigenvalue weighted by molar-refractivity contribution is 0.0939.